The lowest BCUT2D eigenvalue weighted by atomic mass is 9.89. The predicted octanol–water partition coefficient (Wildman–Crippen LogP) is 3.34. The van der Waals surface area contributed by atoms with Gasteiger partial charge in [0.15, 0.2) is 0 Å². The number of rotatable bonds is 2. The Morgan fingerprint density at radius 2 is 1.56 bits per heavy atom. The fraction of sp³-hybridized carbons (Fsp3) is 0.600. The smallest absolute Gasteiger partial charge is 0.00964 e. The Kier molecular flexibility index (Phi) is 2.72. The number of benzene rings is 1. The van der Waals surface area contributed by atoms with Crippen LogP contribution >= 0.6 is 0 Å². The molecule has 2 fully saturated rings. The van der Waals surface area contributed by atoms with E-state index in [1.807, 2.05) is 0 Å². The Morgan fingerprint density at radius 3 is 2.12 bits per heavy atom. The first-order valence-electron chi connectivity index (χ1n) is 6.63. The molecular weight excluding hydrogens is 194 g/mol. The van der Waals surface area contributed by atoms with Crippen LogP contribution in [0.25, 0.3) is 0 Å². The summed E-state index contributed by atoms with van der Waals surface area (Å²) >= 11 is 0. The molecule has 1 aromatic carbocycles. The molecule has 0 aromatic heterocycles. The molecule has 16 heavy (non-hydrogen) atoms. The number of hydrogen-bond donors (Lipinski definition) is 0. The SMILES string of the molecule is Cc1ccc(C2CCN(C3CC3)CC2)cc1. The maximum atomic E-state index is 2.70. The topological polar surface area (TPSA) is 3.24 Å². The molecule has 1 aromatic rings. The van der Waals surface area contributed by atoms with Crippen LogP contribution in [-0.4, -0.2) is 24.0 Å². The van der Waals surface area contributed by atoms with E-state index in [1.54, 1.807) is 5.56 Å². The molecule has 0 N–H and O–H groups in total. The Bertz CT molecular complexity index is 342. The van der Waals surface area contributed by atoms with Gasteiger partial charge in [-0.15, -0.1) is 0 Å². The van der Waals surface area contributed by atoms with Gasteiger partial charge in [-0.05, 0) is 57.2 Å². The van der Waals surface area contributed by atoms with E-state index in [9.17, 15) is 0 Å². The summed E-state index contributed by atoms with van der Waals surface area (Å²) in [5.41, 5.74) is 2.93. The second-order valence-electron chi connectivity index (χ2n) is 5.45. The van der Waals surface area contributed by atoms with Gasteiger partial charge in [-0.3, -0.25) is 0 Å². The molecule has 1 heteroatoms. The van der Waals surface area contributed by atoms with Gasteiger partial charge >= 0.3 is 0 Å². The first kappa shape index (κ1) is 10.3. The van der Waals surface area contributed by atoms with Crippen LogP contribution in [0.3, 0.4) is 0 Å². The standard InChI is InChI=1S/C15H21N/c1-12-2-4-13(5-3-12)14-8-10-16(11-9-14)15-6-7-15/h2-5,14-15H,6-11H2,1H3. The van der Waals surface area contributed by atoms with E-state index in [0.29, 0.717) is 0 Å². The minimum atomic E-state index is 0.815. The molecule has 0 atom stereocenters. The molecule has 3 rings (SSSR count). The van der Waals surface area contributed by atoms with Crippen LogP contribution in [0.4, 0.5) is 0 Å². The van der Waals surface area contributed by atoms with Crippen LogP contribution in [-0.2, 0) is 0 Å². The summed E-state index contributed by atoms with van der Waals surface area (Å²) in [7, 11) is 0. The van der Waals surface area contributed by atoms with Gasteiger partial charge in [0.1, 0.15) is 0 Å². The lowest BCUT2D eigenvalue weighted by Crippen LogP contribution is -2.34. The van der Waals surface area contributed by atoms with Crippen molar-refractivity contribution in [2.24, 2.45) is 0 Å². The fourth-order valence-electron chi connectivity index (χ4n) is 2.88. The third-order valence-corrected chi connectivity index (χ3v) is 4.14. The predicted molar refractivity (Wildman–Crippen MR) is 67.7 cm³/mol. The van der Waals surface area contributed by atoms with E-state index in [1.165, 1.54) is 44.3 Å². The molecule has 1 nitrogen and oxygen atoms in total. The van der Waals surface area contributed by atoms with Crippen LogP contribution in [0, 0.1) is 6.92 Å². The van der Waals surface area contributed by atoms with Crippen molar-refractivity contribution in [3.63, 3.8) is 0 Å². The maximum Gasteiger partial charge on any atom is 0.00964 e. The third kappa shape index (κ3) is 2.15. The van der Waals surface area contributed by atoms with Crippen LogP contribution < -0.4 is 0 Å². The van der Waals surface area contributed by atoms with Crippen LogP contribution in [0.5, 0.6) is 0 Å². The molecule has 1 aliphatic heterocycles. The summed E-state index contributed by atoms with van der Waals surface area (Å²) in [6.07, 6.45) is 5.63. The summed E-state index contributed by atoms with van der Waals surface area (Å²) in [5, 5.41) is 0. The molecule has 1 saturated carbocycles. The Labute approximate surface area is 98.5 Å². The van der Waals surface area contributed by atoms with Crippen molar-refractivity contribution in [2.75, 3.05) is 13.1 Å². The maximum absolute atomic E-state index is 2.70. The number of nitrogens with zero attached hydrogens (tertiary/aromatic N) is 1. The van der Waals surface area contributed by atoms with Crippen LogP contribution in [0.2, 0.25) is 0 Å². The van der Waals surface area contributed by atoms with Crippen LogP contribution in [0.15, 0.2) is 24.3 Å². The zero-order chi connectivity index (χ0) is 11.0. The lowest BCUT2D eigenvalue weighted by Gasteiger charge is -2.32. The molecule has 86 valence electrons. The van der Waals surface area contributed by atoms with Gasteiger partial charge in [0.25, 0.3) is 0 Å². The number of likely N-dealkylation sites (tertiary alicyclic amines) is 1. The zero-order valence-corrected chi connectivity index (χ0v) is 10.2. The van der Waals surface area contributed by atoms with Crippen molar-refractivity contribution in [3.05, 3.63) is 35.4 Å². The summed E-state index contributed by atoms with van der Waals surface area (Å²) in [4.78, 5) is 2.70. The minimum Gasteiger partial charge on any atom is -0.300 e. The fourth-order valence-corrected chi connectivity index (χ4v) is 2.88. The van der Waals surface area contributed by atoms with E-state index < -0.39 is 0 Å². The van der Waals surface area contributed by atoms with Crippen molar-refractivity contribution in [1.29, 1.82) is 0 Å². The van der Waals surface area contributed by atoms with Gasteiger partial charge < -0.3 is 4.90 Å². The highest BCUT2D eigenvalue weighted by atomic mass is 15.2. The first-order valence-corrected chi connectivity index (χ1v) is 6.63. The molecule has 0 unspecified atom stereocenters. The normalized spacial score (nSPS) is 23.6. The monoisotopic (exact) mass is 215 g/mol. The average Bonchev–Trinajstić information content (AvgIpc) is 3.14. The van der Waals surface area contributed by atoms with Gasteiger partial charge in [-0.2, -0.15) is 0 Å². The van der Waals surface area contributed by atoms with Gasteiger partial charge in [0.2, 0.25) is 0 Å². The Morgan fingerprint density at radius 1 is 0.938 bits per heavy atom. The van der Waals surface area contributed by atoms with E-state index >= 15 is 0 Å². The van der Waals surface area contributed by atoms with Gasteiger partial charge in [-0.1, -0.05) is 29.8 Å². The second kappa shape index (κ2) is 4.21. The molecule has 0 amide bonds. The third-order valence-electron chi connectivity index (χ3n) is 4.14. The molecule has 0 bridgehead atoms. The first-order chi connectivity index (χ1) is 7.83. The van der Waals surface area contributed by atoms with Crippen molar-refractivity contribution in [3.8, 4) is 0 Å². The summed E-state index contributed by atoms with van der Waals surface area (Å²) in [6, 6.07) is 10.1. The second-order valence-corrected chi connectivity index (χ2v) is 5.45. The molecule has 0 spiro atoms. The zero-order valence-electron chi connectivity index (χ0n) is 10.2. The summed E-state index contributed by atoms with van der Waals surface area (Å²) in [6.45, 7) is 4.81. The molecule has 0 radical (unpaired) electrons. The molecule has 1 saturated heterocycles. The highest BCUT2D eigenvalue weighted by molar-refractivity contribution is 5.25. The number of piperidine rings is 1. The van der Waals surface area contributed by atoms with Crippen molar-refractivity contribution in [1.82, 2.24) is 4.90 Å². The van der Waals surface area contributed by atoms with Crippen molar-refractivity contribution < 1.29 is 0 Å². The molecular formula is C15H21N. The van der Waals surface area contributed by atoms with Gasteiger partial charge in [0.05, 0.1) is 0 Å². The Hall–Kier alpha value is -0.820. The minimum absolute atomic E-state index is 0.815. The summed E-state index contributed by atoms with van der Waals surface area (Å²) < 4.78 is 0. The lowest BCUT2D eigenvalue weighted by molar-refractivity contribution is 0.203. The average molecular weight is 215 g/mol. The van der Waals surface area contributed by atoms with Crippen molar-refractivity contribution in [2.45, 2.75) is 44.6 Å². The van der Waals surface area contributed by atoms with Crippen molar-refractivity contribution >= 4 is 0 Å². The number of aryl methyl sites for hydroxylation is 1. The van der Waals surface area contributed by atoms with E-state index in [4.69, 9.17) is 0 Å². The largest absolute Gasteiger partial charge is 0.300 e. The van der Waals surface area contributed by atoms with E-state index in [-0.39, 0.29) is 0 Å². The molecule has 1 heterocycles. The highest BCUT2D eigenvalue weighted by Gasteiger charge is 2.31. The van der Waals surface area contributed by atoms with Gasteiger partial charge in [-0.25, -0.2) is 0 Å². The Balaban J connectivity index is 1.62. The molecule has 1 aliphatic carbocycles. The van der Waals surface area contributed by atoms with Gasteiger partial charge in [0, 0.05) is 6.04 Å². The quantitative estimate of drug-likeness (QED) is 0.731. The van der Waals surface area contributed by atoms with Crippen LogP contribution in [0.1, 0.15) is 42.7 Å². The summed E-state index contributed by atoms with van der Waals surface area (Å²) in [5.74, 6) is 0.815. The molecule has 2 aliphatic rings. The van der Waals surface area contributed by atoms with E-state index in [0.717, 1.165) is 12.0 Å². The number of hydrogen-bond acceptors (Lipinski definition) is 1. The van der Waals surface area contributed by atoms with E-state index in [2.05, 4.69) is 36.1 Å². The highest BCUT2D eigenvalue weighted by Crippen LogP contribution is 2.34.